The van der Waals surface area contributed by atoms with Crippen LogP contribution in [0.1, 0.15) is 18.2 Å². The number of H-pyrrole nitrogens is 1. The van der Waals surface area contributed by atoms with E-state index in [1.54, 1.807) is 24.4 Å². The number of pyridine rings is 1. The van der Waals surface area contributed by atoms with Crippen LogP contribution >= 0.6 is 0 Å². The molecule has 1 amide bonds. The molecule has 0 unspecified atom stereocenters. The van der Waals surface area contributed by atoms with Crippen LogP contribution < -0.4 is 5.32 Å². The first-order chi connectivity index (χ1) is 10.6. The fourth-order valence-electron chi connectivity index (χ4n) is 2.06. The first kappa shape index (κ1) is 13.9. The molecule has 3 rings (SSSR count). The molecule has 22 heavy (non-hydrogen) atoms. The maximum Gasteiger partial charge on any atom is 0.222 e. The van der Waals surface area contributed by atoms with Gasteiger partial charge >= 0.3 is 0 Å². The van der Waals surface area contributed by atoms with Crippen LogP contribution in [-0.4, -0.2) is 21.1 Å². The van der Waals surface area contributed by atoms with Crippen LogP contribution in [0.3, 0.4) is 0 Å². The number of aromatic nitrogens is 3. The summed E-state index contributed by atoms with van der Waals surface area (Å²) in [4.78, 5) is 15.2. The van der Waals surface area contributed by atoms with Gasteiger partial charge in [-0.2, -0.15) is 5.10 Å². The number of hydrogen-bond acceptors (Lipinski definition) is 3. The molecule has 2 aromatic heterocycles. The summed E-state index contributed by atoms with van der Waals surface area (Å²) >= 11 is 0. The number of hydrogen-bond donors (Lipinski definition) is 2. The van der Waals surface area contributed by atoms with E-state index in [-0.39, 0.29) is 11.7 Å². The molecule has 0 aliphatic carbocycles. The van der Waals surface area contributed by atoms with Gasteiger partial charge in [0.15, 0.2) is 0 Å². The Morgan fingerprint density at radius 2 is 2.05 bits per heavy atom. The highest BCUT2D eigenvalue weighted by Gasteiger charge is 2.06. The quantitative estimate of drug-likeness (QED) is 0.779. The molecule has 2 heterocycles. The lowest BCUT2D eigenvalue weighted by Crippen LogP contribution is -2.06. The first-order valence-electron chi connectivity index (χ1n) is 6.67. The van der Waals surface area contributed by atoms with Gasteiger partial charge in [-0.15, -0.1) is 0 Å². The number of fused-ring (bicyclic) bond motifs is 1. The van der Waals surface area contributed by atoms with Crippen molar-refractivity contribution >= 4 is 34.8 Å². The Kier molecular flexibility index (Phi) is 3.65. The molecule has 110 valence electrons. The van der Waals surface area contributed by atoms with Crippen molar-refractivity contribution in [2.45, 2.75) is 6.92 Å². The molecule has 0 saturated carbocycles. The van der Waals surface area contributed by atoms with Crippen molar-refractivity contribution in [3.05, 3.63) is 53.6 Å². The summed E-state index contributed by atoms with van der Waals surface area (Å²) in [5, 5.41) is 10.6. The van der Waals surface area contributed by atoms with Gasteiger partial charge in [0, 0.05) is 12.3 Å². The number of anilines is 1. The molecule has 0 atom stereocenters. The van der Waals surface area contributed by atoms with Crippen LogP contribution in [-0.2, 0) is 4.79 Å². The Balaban J connectivity index is 1.92. The van der Waals surface area contributed by atoms with Crippen molar-refractivity contribution in [2.75, 3.05) is 5.32 Å². The average Bonchev–Trinajstić information content (AvgIpc) is 2.88. The predicted molar refractivity (Wildman–Crippen MR) is 83.5 cm³/mol. The minimum Gasteiger partial charge on any atom is -0.311 e. The molecule has 0 aliphatic heterocycles. The van der Waals surface area contributed by atoms with Gasteiger partial charge in [-0.05, 0) is 29.8 Å². The van der Waals surface area contributed by atoms with Crippen LogP contribution in [0.5, 0.6) is 0 Å². The first-order valence-corrected chi connectivity index (χ1v) is 6.67. The summed E-state index contributed by atoms with van der Waals surface area (Å²) in [6.07, 6.45) is 5.28. The highest BCUT2D eigenvalue weighted by Crippen LogP contribution is 2.20. The van der Waals surface area contributed by atoms with E-state index in [2.05, 4.69) is 20.5 Å². The standard InChI is InChI=1S/C16H13FN4O/c1-10(22)19-16-8-13-14(20-21-15(13)9-18-16)7-4-11-2-5-12(17)6-3-11/h2-9H,1H3,(H,20,21)(H,18,19,22)/b7-4+. The van der Waals surface area contributed by atoms with E-state index in [9.17, 15) is 9.18 Å². The van der Waals surface area contributed by atoms with Crippen LogP contribution in [0.25, 0.3) is 23.1 Å². The molecule has 1 aromatic carbocycles. The van der Waals surface area contributed by atoms with E-state index in [4.69, 9.17) is 0 Å². The molecule has 5 nitrogen and oxygen atoms in total. The van der Waals surface area contributed by atoms with Gasteiger partial charge in [0.1, 0.15) is 11.6 Å². The molecule has 0 fully saturated rings. The van der Waals surface area contributed by atoms with E-state index in [0.29, 0.717) is 11.5 Å². The lowest BCUT2D eigenvalue weighted by Gasteiger charge is -2.00. The average molecular weight is 296 g/mol. The molecule has 6 heteroatoms. The highest BCUT2D eigenvalue weighted by molar-refractivity contribution is 5.94. The fourth-order valence-corrected chi connectivity index (χ4v) is 2.06. The van der Waals surface area contributed by atoms with Gasteiger partial charge in [-0.1, -0.05) is 18.2 Å². The second kappa shape index (κ2) is 5.77. The van der Waals surface area contributed by atoms with Crippen LogP contribution in [0.15, 0.2) is 36.5 Å². The molecule has 0 aliphatic rings. The second-order valence-electron chi connectivity index (χ2n) is 4.79. The van der Waals surface area contributed by atoms with E-state index >= 15 is 0 Å². The lowest BCUT2D eigenvalue weighted by molar-refractivity contribution is -0.114. The maximum atomic E-state index is 12.9. The topological polar surface area (TPSA) is 70.7 Å². The Labute approximate surface area is 125 Å². The van der Waals surface area contributed by atoms with Crippen molar-refractivity contribution in [3.63, 3.8) is 0 Å². The summed E-state index contributed by atoms with van der Waals surface area (Å²) in [5.74, 6) is 0.0185. The SMILES string of the molecule is CC(=O)Nc1cc2c(/C=C/c3ccc(F)cc3)n[nH]c2cn1. The lowest BCUT2D eigenvalue weighted by atomic mass is 10.1. The Morgan fingerprint density at radius 1 is 1.27 bits per heavy atom. The number of halogens is 1. The fraction of sp³-hybridized carbons (Fsp3) is 0.0625. The van der Waals surface area contributed by atoms with E-state index < -0.39 is 0 Å². The minimum atomic E-state index is -0.270. The number of carbonyl (C=O) groups is 1. The Bertz CT molecular complexity index is 852. The minimum absolute atomic E-state index is 0.182. The van der Waals surface area contributed by atoms with Crippen LogP contribution in [0.4, 0.5) is 10.2 Å². The third-order valence-corrected chi connectivity index (χ3v) is 3.08. The summed E-state index contributed by atoms with van der Waals surface area (Å²) in [6.45, 7) is 1.43. The molecule has 3 aromatic rings. The van der Waals surface area contributed by atoms with Crippen molar-refractivity contribution in [1.29, 1.82) is 0 Å². The van der Waals surface area contributed by atoms with Gasteiger partial charge in [0.25, 0.3) is 0 Å². The van der Waals surface area contributed by atoms with E-state index in [0.717, 1.165) is 16.5 Å². The molecule has 0 radical (unpaired) electrons. The summed E-state index contributed by atoms with van der Waals surface area (Å²) in [7, 11) is 0. The number of nitrogens with zero attached hydrogens (tertiary/aromatic N) is 2. The second-order valence-corrected chi connectivity index (χ2v) is 4.79. The number of nitrogens with one attached hydrogen (secondary N) is 2. The normalized spacial score (nSPS) is 11.2. The highest BCUT2D eigenvalue weighted by atomic mass is 19.1. The van der Waals surface area contributed by atoms with Gasteiger partial charge < -0.3 is 5.32 Å². The number of rotatable bonds is 3. The predicted octanol–water partition coefficient (Wildman–Crippen LogP) is 3.23. The van der Waals surface area contributed by atoms with E-state index in [1.165, 1.54) is 19.1 Å². The molecular formula is C16H13FN4O. The van der Waals surface area contributed by atoms with Crippen molar-refractivity contribution in [3.8, 4) is 0 Å². The maximum absolute atomic E-state index is 12.9. The largest absolute Gasteiger partial charge is 0.311 e. The van der Waals surface area contributed by atoms with E-state index in [1.807, 2.05) is 12.2 Å². The molecule has 0 spiro atoms. The molecular weight excluding hydrogens is 283 g/mol. The number of carbonyl (C=O) groups excluding carboxylic acids is 1. The Morgan fingerprint density at radius 3 is 2.77 bits per heavy atom. The smallest absolute Gasteiger partial charge is 0.222 e. The van der Waals surface area contributed by atoms with Crippen molar-refractivity contribution in [1.82, 2.24) is 15.2 Å². The van der Waals surface area contributed by atoms with Crippen LogP contribution in [0, 0.1) is 5.82 Å². The summed E-state index contributed by atoms with van der Waals surface area (Å²) in [6, 6.07) is 7.93. The number of benzene rings is 1. The van der Waals surface area contributed by atoms with Crippen molar-refractivity contribution < 1.29 is 9.18 Å². The summed E-state index contributed by atoms with van der Waals surface area (Å²) in [5.41, 5.74) is 2.36. The van der Waals surface area contributed by atoms with Gasteiger partial charge in [0.05, 0.1) is 17.4 Å². The monoisotopic (exact) mass is 296 g/mol. The zero-order valence-electron chi connectivity index (χ0n) is 11.8. The molecule has 0 bridgehead atoms. The van der Waals surface area contributed by atoms with Crippen molar-refractivity contribution in [2.24, 2.45) is 0 Å². The third-order valence-electron chi connectivity index (χ3n) is 3.08. The zero-order valence-corrected chi connectivity index (χ0v) is 11.8. The zero-order chi connectivity index (χ0) is 15.5. The van der Waals surface area contributed by atoms with Gasteiger partial charge in [-0.25, -0.2) is 9.37 Å². The number of aromatic amines is 1. The summed E-state index contributed by atoms with van der Waals surface area (Å²) < 4.78 is 12.9. The number of amides is 1. The van der Waals surface area contributed by atoms with Crippen LogP contribution in [0.2, 0.25) is 0 Å². The van der Waals surface area contributed by atoms with Gasteiger partial charge in [-0.3, -0.25) is 9.89 Å². The van der Waals surface area contributed by atoms with Gasteiger partial charge in [0.2, 0.25) is 5.91 Å². The third kappa shape index (κ3) is 3.01. The Hall–Kier alpha value is -3.02. The molecule has 2 N–H and O–H groups in total. The molecule has 0 saturated heterocycles.